The van der Waals surface area contributed by atoms with Gasteiger partial charge < -0.3 is 30.8 Å². The number of hydrogen-bond donors (Lipinski definition) is 4. The number of benzene rings is 1. The third kappa shape index (κ3) is 5.82. The van der Waals surface area contributed by atoms with Gasteiger partial charge in [-0.1, -0.05) is 36.7 Å². The van der Waals surface area contributed by atoms with E-state index in [4.69, 9.17) is 10.0 Å². The van der Waals surface area contributed by atoms with E-state index < -0.39 is 35.9 Å². The second-order valence-electron chi connectivity index (χ2n) is 13.3. The van der Waals surface area contributed by atoms with Crippen LogP contribution in [-0.2, 0) is 19.2 Å². The zero-order chi connectivity index (χ0) is 31.1. The molecule has 11 nitrogen and oxygen atoms in total. The van der Waals surface area contributed by atoms with E-state index in [2.05, 4.69) is 30.4 Å². The van der Waals surface area contributed by atoms with Gasteiger partial charge in [-0.3, -0.25) is 14.8 Å². The highest BCUT2D eigenvalue weighted by Crippen LogP contribution is 2.66. The maximum absolute atomic E-state index is 12.5. The summed E-state index contributed by atoms with van der Waals surface area (Å²) >= 11 is 0. The number of carboxylic acids is 1. The van der Waals surface area contributed by atoms with Crippen LogP contribution in [0.25, 0.3) is 0 Å². The Morgan fingerprint density at radius 1 is 1.14 bits per heavy atom. The van der Waals surface area contributed by atoms with Gasteiger partial charge in [0, 0.05) is 5.92 Å². The normalized spacial score (nSPS) is 33.7. The molecule has 11 heteroatoms. The molecule has 0 aromatic heterocycles. The topological polar surface area (TPSA) is 172 Å². The number of amides is 1. The average molecular weight is 597 g/mol. The third-order valence-corrected chi connectivity index (χ3v) is 11.2. The molecule has 0 aliphatic heterocycles. The van der Waals surface area contributed by atoms with Crippen molar-refractivity contribution < 1.29 is 34.6 Å². The van der Waals surface area contributed by atoms with Crippen molar-refractivity contribution in [2.24, 2.45) is 39.7 Å². The van der Waals surface area contributed by atoms with Crippen molar-refractivity contribution in [1.29, 1.82) is 0 Å². The maximum atomic E-state index is 12.5. The number of rotatable bonds is 9. The lowest BCUT2D eigenvalue weighted by atomic mass is 9.46. The lowest BCUT2D eigenvalue weighted by Gasteiger charge is -2.58. The Hall–Kier alpha value is -3.28. The van der Waals surface area contributed by atoms with Gasteiger partial charge in [-0.25, -0.2) is 4.79 Å². The van der Waals surface area contributed by atoms with Crippen molar-refractivity contribution >= 4 is 29.1 Å². The number of hydrogen-bond acceptors (Lipinski definition) is 9. The molecule has 0 saturated heterocycles. The number of ketones is 1. The number of nitrogens with one attached hydrogen (secondary N) is 1. The van der Waals surface area contributed by atoms with Gasteiger partial charge in [-0.15, -0.1) is 0 Å². The van der Waals surface area contributed by atoms with Crippen LogP contribution in [-0.4, -0.2) is 51.4 Å². The molecule has 3 saturated carbocycles. The minimum Gasteiger partial charge on any atom is -0.733 e. The number of oxime groups is 1. The number of aliphatic hydroxyl groups is 1. The van der Waals surface area contributed by atoms with Crippen LogP contribution in [0.5, 0.6) is 0 Å². The fourth-order valence-corrected chi connectivity index (χ4v) is 9.00. The molecule has 0 unspecified atom stereocenters. The van der Waals surface area contributed by atoms with Crippen molar-refractivity contribution in [2.75, 3.05) is 11.8 Å². The zero-order valence-corrected chi connectivity index (χ0v) is 25.0. The average Bonchev–Trinajstić information content (AvgIpc) is 3.33. The second-order valence-corrected chi connectivity index (χ2v) is 13.3. The van der Waals surface area contributed by atoms with E-state index in [-0.39, 0.29) is 28.0 Å². The highest BCUT2D eigenvalue weighted by molar-refractivity contribution is 5.96. The number of nitrogens with zero attached hydrogens (tertiary/aromatic N) is 2. The quantitative estimate of drug-likeness (QED) is 0.299. The molecule has 4 aliphatic carbocycles. The highest BCUT2D eigenvalue weighted by atomic mass is 16.8. The fourth-order valence-electron chi connectivity index (χ4n) is 9.00. The van der Waals surface area contributed by atoms with Gasteiger partial charge in [-0.2, -0.15) is 0 Å². The predicted octanol–water partition coefficient (Wildman–Crippen LogP) is 4.52. The van der Waals surface area contributed by atoms with Gasteiger partial charge in [0.05, 0.1) is 11.4 Å². The molecular formula is C32H42N3O8-. The summed E-state index contributed by atoms with van der Waals surface area (Å²) in [5.41, 5.74) is 2.15. The molecule has 8 atom stereocenters. The lowest BCUT2D eigenvalue weighted by molar-refractivity contribution is -0.146. The molecule has 234 valence electrons. The zero-order valence-electron chi connectivity index (χ0n) is 25.0. The third-order valence-electron chi connectivity index (χ3n) is 11.2. The molecule has 5 rings (SSSR count). The first-order valence-electron chi connectivity index (χ1n) is 15.2. The van der Waals surface area contributed by atoms with Crippen LogP contribution in [0.1, 0.15) is 83.8 Å². The lowest BCUT2D eigenvalue weighted by Crippen LogP contribution is -2.51. The highest BCUT2D eigenvalue weighted by Gasteiger charge is 2.59. The van der Waals surface area contributed by atoms with E-state index >= 15 is 0 Å². The Kier molecular flexibility index (Phi) is 8.70. The van der Waals surface area contributed by atoms with Crippen molar-refractivity contribution in [2.45, 2.75) is 84.3 Å². The summed E-state index contributed by atoms with van der Waals surface area (Å²) in [6.07, 6.45) is 8.56. The van der Waals surface area contributed by atoms with Crippen LogP contribution in [0.4, 0.5) is 5.69 Å². The standard InChI is InChI=1S/C32H42N3O8/c1-18(36)24-9-10-25-23-8-7-20-16-21(11-13-31(20,2)26(23)12-14-32(24,25)3)34-43-17-27(37)33-28(30(39)40)29(38)19-5-4-6-22(15-19)35(41)42/h4-6,15-16,23-26,28-29,38,41H,7-14,17H2,1-3H3,(H,33,37)(H,39,40)/q-1/t23-,24+,25-,26+,28+,29-,31+,32-/m1/s1. The van der Waals surface area contributed by atoms with E-state index in [9.17, 15) is 29.8 Å². The van der Waals surface area contributed by atoms with Crippen molar-refractivity contribution in [3.8, 4) is 0 Å². The molecule has 4 N–H and O–H groups in total. The molecule has 3 fully saturated rings. The Morgan fingerprint density at radius 3 is 2.60 bits per heavy atom. The molecule has 43 heavy (non-hydrogen) atoms. The number of aliphatic hydroxyl groups excluding tert-OH is 1. The van der Waals surface area contributed by atoms with Crippen LogP contribution >= 0.6 is 0 Å². The largest absolute Gasteiger partial charge is 0.733 e. The first kappa shape index (κ1) is 31.2. The van der Waals surface area contributed by atoms with Crippen molar-refractivity contribution in [1.82, 2.24) is 5.32 Å². The fraction of sp³-hybridized carbons (Fsp3) is 0.625. The predicted molar refractivity (Wildman–Crippen MR) is 158 cm³/mol. The summed E-state index contributed by atoms with van der Waals surface area (Å²) in [7, 11) is 0. The maximum Gasteiger partial charge on any atom is 0.329 e. The van der Waals surface area contributed by atoms with E-state index in [1.807, 2.05) is 0 Å². The summed E-state index contributed by atoms with van der Waals surface area (Å²) in [6, 6.07) is 3.44. The van der Waals surface area contributed by atoms with Gasteiger partial charge in [-0.05, 0) is 111 Å². The van der Waals surface area contributed by atoms with Gasteiger partial charge in [0.15, 0.2) is 12.6 Å². The van der Waals surface area contributed by atoms with Crippen LogP contribution in [0.15, 0.2) is 41.1 Å². The number of fused-ring (bicyclic) bond motifs is 5. The molecule has 0 bridgehead atoms. The van der Waals surface area contributed by atoms with E-state index in [0.29, 0.717) is 30.0 Å². The van der Waals surface area contributed by atoms with Crippen LogP contribution < -0.4 is 10.5 Å². The Balaban J connectivity index is 1.20. The summed E-state index contributed by atoms with van der Waals surface area (Å²) in [4.78, 5) is 42.0. The molecular weight excluding hydrogens is 554 g/mol. The number of carbonyl (C=O) groups excluding carboxylic acids is 2. The number of carbonyl (C=O) groups is 3. The Morgan fingerprint density at radius 2 is 1.91 bits per heavy atom. The van der Waals surface area contributed by atoms with Crippen molar-refractivity contribution in [3.63, 3.8) is 0 Å². The van der Waals surface area contributed by atoms with Crippen LogP contribution in [0.3, 0.4) is 0 Å². The van der Waals surface area contributed by atoms with E-state index in [0.717, 1.165) is 56.7 Å². The first-order valence-corrected chi connectivity index (χ1v) is 15.2. The second kappa shape index (κ2) is 12.0. The minimum atomic E-state index is -1.71. The SMILES string of the molecule is CC(=O)[C@@H]1CC[C@@H]2[C@H]3CCC4=CC(=NOCC(=O)N[C@H](C(=O)O)[C@H](O)c5cccc(N([O-])O)c5)CC[C@]4(C)[C@H]3CC[C@@]21C. The van der Waals surface area contributed by atoms with Gasteiger partial charge in [0.25, 0.3) is 5.91 Å². The summed E-state index contributed by atoms with van der Waals surface area (Å²) < 4.78 is 0. The summed E-state index contributed by atoms with van der Waals surface area (Å²) in [6.45, 7) is 5.96. The molecule has 0 heterocycles. The molecule has 4 aliphatic rings. The Labute approximate surface area is 251 Å². The smallest absolute Gasteiger partial charge is 0.329 e. The molecule has 0 spiro atoms. The Bertz CT molecular complexity index is 1330. The van der Waals surface area contributed by atoms with Gasteiger partial charge >= 0.3 is 5.97 Å². The number of aliphatic carboxylic acids is 1. The summed E-state index contributed by atoms with van der Waals surface area (Å²) in [5, 5.41) is 46.4. The van der Waals surface area contributed by atoms with E-state index in [1.54, 1.807) is 6.92 Å². The molecule has 0 radical (unpaired) electrons. The number of carboxylic acid groups (broad SMARTS) is 1. The van der Waals surface area contributed by atoms with Crippen LogP contribution in [0, 0.1) is 39.7 Å². The monoisotopic (exact) mass is 596 g/mol. The molecule has 1 aromatic carbocycles. The first-order chi connectivity index (χ1) is 20.3. The van der Waals surface area contributed by atoms with Crippen molar-refractivity contribution in [3.05, 3.63) is 46.7 Å². The number of allylic oxidation sites excluding steroid dienone is 2. The van der Waals surface area contributed by atoms with Crippen LogP contribution in [0.2, 0.25) is 0 Å². The minimum absolute atomic E-state index is 0.0297. The number of Topliss-reactive ketones (excluding diaryl/α,β-unsaturated/α-hetero) is 1. The van der Waals surface area contributed by atoms with Gasteiger partial charge in [0.1, 0.15) is 11.9 Å². The van der Waals surface area contributed by atoms with Gasteiger partial charge in [0.2, 0.25) is 0 Å². The summed E-state index contributed by atoms with van der Waals surface area (Å²) in [5.74, 6) is 0.0920. The molecule has 1 aromatic rings. The van der Waals surface area contributed by atoms with E-state index in [1.165, 1.54) is 23.8 Å². The number of anilines is 1. The molecule has 1 amide bonds.